The lowest BCUT2D eigenvalue weighted by Crippen LogP contribution is -2.58. The Labute approximate surface area is 153 Å². The molecule has 25 heavy (non-hydrogen) atoms. The summed E-state index contributed by atoms with van der Waals surface area (Å²) < 4.78 is 0. The van der Waals surface area contributed by atoms with E-state index in [1.807, 2.05) is 4.90 Å². The van der Waals surface area contributed by atoms with Gasteiger partial charge in [-0.05, 0) is 42.9 Å². The standard InChI is InChI=1S/C20H37N3O2/c1-15(2)12-16-6-9-22(10-7-16)18(24)14-23-11-8-21-17(19(23)25)13-20(3,4)5/h15-17,21H,6-14H2,1-5H3/t17-/m0/s1. The molecule has 2 heterocycles. The van der Waals surface area contributed by atoms with Gasteiger partial charge in [-0.25, -0.2) is 0 Å². The number of nitrogens with zero attached hydrogens (tertiary/aromatic N) is 2. The Balaban J connectivity index is 1.83. The molecule has 5 heteroatoms. The van der Waals surface area contributed by atoms with Crippen LogP contribution in [0.2, 0.25) is 0 Å². The van der Waals surface area contributed by atoms with Crippen molar-refractivity contribution in [1.82, 2.24) is 15.1 Å². The third-order valence-electron chi connectivity index (χ3n) is 5.30. The molecule has 2 saturated heterocycles. The lowest BCUT2D eigenvalue weighted by atomic mass is 9.87. The maximum atomic E-state index is 12.7. The van der Waals surface area contributed by atoms with Crippen molar-refractivity contribution in [2.45, 2.75) is 66.3 Å². The Morgan fingerprint density at radius 3 is 2.40 bits per heavy atom. The van der Waals surface area contributed by atoms with E-state index in [1.165, 1.54) is 6.42 Å². The fourth-order valence-electron chi connectivity index (χ4n) is 4.07. The quantitative estimate of drug-likeness (QED) is 0.828. The van der Waals surface area contributed by atoms with Gasteiger partial charge in [0.2, 0.25) is 11.8 Å². The van der Waals surface area contributed by atoms with E-state index in [4.69, 9.17) is 0 Å². The molecule has 0 unspecified atom stereocenters. The van der Waals surface area contributed by atoms with Crippen molar-refractivity contribution in [1.29, 1.82) is 0 Å². The lowest BCUT2D eigenvalue weighted by molar-refractivity contribution is -0.144. The molecule has 5 nitrogen and oxygen atoms in total. The first-order valence-corrected chi connectivity index (χ1v) is 9.95. The summed E-state index contributed by atoms with van der Waals surface area (Å²) in [4.78, 5) is 29.1. The summed E-state index contributed by atoms with van der Waals surface area (Å²) in [5.41, 5.74) is 0.0959. The maximum absolute atomic E-state index is 12.7. The van der Waals surface area contributed by atoms with Gasteiger partial charge in [0.25, 0.3) is 0 Å². The van der Waals surface area contributed by atoms with E-state index in [2.05, 4.69) is 39.9 Å². The number of amides is 2. The molecule has 2 aliphatic heterocycles. The third kappa shape index (κ3) is 6.28. The van der Waals surface area contributed by atoms with E-state index in [0.717, 1.165) is 50.7 Å². The van der Waals surface area contributed by atoms with Crippen LogP contribution in [0.4, 0.5) is 0 Å². The molecule has 0 aromatic carbocycles. The first kappa shape index (κ1) is 20.2. The molecule has 2 amide bonds. The van der Waals surface area contributed by atoms with Crippen LogP contribution in [0.1, 0.15) is 60.3 Å². The van der Waals surface area contributed by atoms with Crippen LogP contribution in [-0.2, 0) is 9.59 Å². The number of hydrogen-bond donors (Lipinski definition) is 1. The lowest BCUT2D eigenvalue weighted by Gasteiger charge is -2.38. The first-order valence-electron chi connectivity index (χ1n) is 9.95. The smallest absolute Gasteiger partial charge is 0.242 e. The van der Waals surface area contributed by atoms with E-state index in [9.17, 15) is 9.59 Å². The molecule has 0 saturated carbocycles. The zero-order chi connectivity index (χ0) is 18.6. The molecule has 2 fully saturated rings. The highest BCUT2D eigenvalue weighted by Gasteiger charge is 2.33. The van der Waals surface area contributed by atoms with Crippen LogP contribution in [0.15, 0.2) is 0 Å². The van der Waals surface area contributed by atoms with Crippen molar-refractivity contribution in [3.8, 4) is 0 Å². The topological polar surface area (TPSA) is 52.7 Å². The van der Waals surface area contributed by atoms with E-state index in [0.29, 0.717) is 6.54 Å². The van der Waals surface area contributed by atoms with Gasteiger partial charge in [-0.1, -0.05) is 34.6 Å². The minimum atomic E-state index is -0.154. The van der Waals surface area contributed by atoms with E-state index in [1.54, 1.807) is 4.90 Å². The molecular formula is C20H37N3O2. The molecule has 0 spiro atoms. The summed E-state index contributed by atoms with van der Waals surface area (Å²) in [6, 6.07) is -0.154. The Bertz CT molecular complexity index is 462. The summed E-state index contributed by atoms with van der Waals surface area (Å²) in [6.45, 7) is 14.3. The van der Waals surface area contributed by atoms with Gasteiger partial charge in [0.15, 0.2) is 0 Å². The molecule has 1 atom stereocenters. The second kappa shape index (κ2) is 8.52. The summed E-state index contributed by atoms with van der Waals surface area (Å²) in [5, 5.41) is 3.32. The predicted molar refractivity (Wildman–Crippen MR) is 101 cm³/mol. The molecule has 1 N–H and O–H groups in total. The number of piperazine rings is 1. The number of hydrogen-bond acceptors (Lipinski definition) is 3. The first-order chi connectivity index (χ1) is 11.7. The van der Waals surface area contributed by atoms with E-state index in [-0.39, 0.29) is 29.8 Å². The second-order valence-electron chi connectivity index (χ2n) is 9.48. The number of carbonyl (C=O) groups is 2. The Morgan fingerprint density at radius 2 is 1.84 bits per heavy atom. The summed E-state index contributed by atoms with van der Waals surface area (Å²) in [5.74, 6) is 1.68. The van der Waals surface area contributed by atoms with Gasteiger partial charge in [0.1, 0.15) is 0 Å². The van der Waals surface area contributed by atoms with Gasteiger partial charge < -0.3 is 15.1 Å². The number of likely N-dealkylation sites (tertiary alicyclic amines) is 1. The third-order valence-corrected chi connectivity index (χ3v) is 5.30. The molecule has 0 aromatic rings. The highest BCUT2D eigenvalue weighted by molar-refractivity contribution is 5.88. The van der Waals surface area contributed by atoms with Crippen LogP contribution in [0.25, 0.3) is 0 Å². The molecule has 2 rings (SSSR count). The monoisotopic (exact) mass is 351 g/mol. The molecule has 144 valence electrons. The minimum Gasteiger partial charge on any atom is -0.341 e. The van der Waals surface area contributed by atoms with Crippen molar-refractivity contribution >= 4 is 11.8 Å². The molecular weight excluding hydrogens is 314 g/mol. The van der Waals surface area contributed by atoms with Gasteiger partial charge in [-0.2, -0.15) is 0 Å². The fraction of sp³-hybridized carbons (Fsp3) is 0.900. The average molecular weight is 352 g/mol. The van der Waals surface area contributed by atoms with Crippen molar-refractivity contribution in [2.75, 3.05) is 32.7 Å². The van der Waals surface area contributed by atoms with Gasteiger partial charge in [-0.3, -0.25) is 9.59 Å². The fourth-order valence-corrected chi connectivity index (χ4v) is 4.07. The van der Waals surface area contributed by atoms with Crippen LogP contribution in [0.5, 0.6) is 0 Å². The number of nitrogens with one attached hydrogen (secondary N) is 1. The van der Waals surface area contributed by atoms with Crippen molar-refractivity contribution < 1.29 is 9.59 Å². The minimum absolute atomic E-state index is 0.0872. The summed E-state index contributed by atoms with van der Waals surface area (Å²) in [6.07, 6.45) is 4.27. The van der Waals surface area contributed by atoms with E-state index >= 15 is 0 Å². The second-order valence-corrected chi connectivity index (χ2v) is 9.48. The molecule has 2 aliphatic rings. The number of carbonyl (C=O) groups excluding carboxylic acids is 2. The van der Waals surface area contributed by atoms with E-state index < -0.39 is 0 Å². The molecule has 0 bridgehead atoms. The Kier molecular flexibility index (Phi) is 6.89. The zero-order valence-electron chi connectivity index (χ0n) is 16.8. The van der Waals surface area contributed by atoms with Crippen molar-refractivity contribution in [3.63, 3.8) is 0 Å². The van der Waals surface area contributed by atoms with Gasteiger partial charge in [-0.15, -0.1) is 0 Å². The Hall–Kier alpha value is -1.10. The average Bonchev–Trinajstić information content (AvgIpc) is 2.50. The van der Waals surface area contributed by atoms with Crippen LogP contribution < -0.4 is 5.32 Å². The highest BCUT2D eigenvalue weighted by Crippen LogP contribution is 2.25. The van der Waals surface area contributed by atoms with Crippen LogP contribution >= 0.6 is 0 Å². The number of piperidine rings is 1. The van der Waals surface area contributed by atoms with Gasteiger partial charge >= 0.3 is 0 Å². The van der Waals surface area contributed by atoms with Crippen molar-refractivity contribution in [3.05, 3.63) is 0 Å². The van der Waals surface area contributed by atoms with Gasteiger partial charge in [0.05, 0.1) is 12.6 Å². The highest BCUT2D eigenvalue weighted by atomic mass is 16.2. The normalized spacial score (nSPS) is 23.4. The summed E-state index contributed by atoms with van der Waals surface area (Å²) in [7, 11) is 0. The number of rotatable bonds is 5. The SMILES string of the molecule is CC(C)CC1CCN(C(=O)CN2CCN[C@@H](CC(C)(C)C)C2=O)CC1. The maximum Gasteiger partial charge on any atom is 0.242 e. The summed E-state index contributed by atoms with van der Waals surface area (Å²) >= 11 is 0. The van der Waals surface area contributed by atoms with Crippen LogP contribution in [-0.4, -0.2) is 60.4 Å². The zero-order valence-corrected chi connectivity index (χ0v) is 16.8. The van der Waals surface area contributed by atoms with Crippen molar-refractivity contribution in [2.24, 2.45) is 17.3 Å². The van der Waals surface area contributed by atoms with Crippen LogP contribution in [0.3, 0.4) is 0 Å². The molecule has 0 aliphatic carbocycles. The van der Waals surface area contributed by atoms with Gasteiger partial charge in [0, 0.05) is 26.2 Å². The predicted octanol–water partition coefficient (Wildman–Crippen LogP) is 2.51. The van der Waals surface area contributed by atoms with Crippen LogP contribution in [0, 0.1) is 17.3 Å². The largest absolute Gasteiger partial charge is 0.341 e. The molecule has 0 radical (unpaired) electrons. The molecule has 0 aromatic heterocycles. The Morgan fingerprint density at radius 1 is 1.20 bits per heavy atom.